The summed E-state index contributed by atoms with van der Waals surface area (Å²) in [7, 11) is 1.67. The Morgan fingerprint density at radius 3 is 2.00 bits per heavy atom. The molecule has 50 valence electrons. The van der Waals surface area contributed by atoms with E-state index in [1.54, 1.807) is 7.11 Å². The van der Waals surface area contributed by atoms with Crippen molar-refractivity contribution >= 4 is 18.9 Å². The van der Waals surface area contributed by atoms with Gasteiger partial charge in [0.15, 0.2) is 0 Å². The number of hydrogen-bond acceptors (Lipinski definition) is 1. The van der Waals surface area contributed by atoms with E-state index < -0.39 is 0 Å². The third-order valence-corrected chi connectivity index (χ3v) is 1.26. The molecule has 0 heterocycles. The fourth-order valence-corrected chi connectivity index (χ4v) is 0.674. The summed E-state index contributed by atoms with van der Waals surface area (Å²) >= 11 is 0. The Morgan fingerprint density at radius 1 is 1.10 bits per heavy atom. The Morgan fingerprint density at radius 2 is 1.60 bits per heavy atom. The van der Waals surface area contributed by atoms with Crippen LogP contribution in [0.2, 0.25) is 0 Å². The van der Waals surface area contributed by atoms with Gasteiger partial charge in [-0.15, -0.1) is 0 Å². The van der Waals surface area contributed by atoms with E-state index in [-0.39, 0.29) is 18.9 Å². The monoisotopic (exact) mass is 130 g/mol. The molecule has 0 spiro atoms. The molecule has 0 saturated carbocycles. The van der Waals surface area contributed by atoms with Crippen LogP contribution in [0.4, 0.5) is 0 Å². The van der Waals surface area contributed by atoms with Crippen LogP contribution in [0.15, 0.2) is 24.3 Å². The summed E-state index contributed by atoms with van der Waals surface area (Å²) in [5.74, 6) is 0.917. The van der Waals surface area contributed by atoms with E-state index in [1.165, 1.54) is 5.56 Å². The van der Waals surface area contributed by atoms with Crippen LogP contribution < -0.4 is 4.74 Å². The first-order chi connectivity index (χ1) is 4.33. The van der Waals surface area contributed by atoms with Crippen molar-refractivity contribution in [2.45, 2.75) is 6.92 Å². The molecule has 0 aliphatic rings. The van der Waals surface area contributed by atoms with Crippen molar-refractivity contribution in [3.63, 3.8) is 0 Å². The van der Waals surface area contributed by atoms with Crippen molar-refractivity contribution in [2.24, 2.45) is 0 Å². The summed E-state index contributed by atoms with van der Waals surface area (Å²) in [4.78, 5) is 0. The molecule has 2 heteroatoms. The Labute approximate surface area is 73.6 Å². The predicted molar refractivity (Wildman–Crippen MR) is 44.9 cm³/mol. The molecule has 1 nitrogen and oxygen atoms in total. The second-order valence-electron chi connectivity index (χ2n) is 2.02. The Balaban J connectivity index is 0.000000810. The van der Waals surface area contributed by atoms with Gasteiger partial charge in [0.1, 0.15) is 5.75 Å². The zero-order valence-electron chi connectivity index (χ0n) is 5.72. The zero-order valence-corrected chi connectivity index (χ0v) is 5.72. The molecule has 0 atom stereocenters. The average Bonchev–Trinajstić information content (AvgIpc) is 1.90. The molecule has 0 radical (unpaired) electrons. The maximum absolute atomic E-state index is 4.97. The molecular weight excluding hydrogens is 119 g/mol. The summed E-state index contributed by atoms with van der Waals surface area (Å²) in [6.07, 6.45) is 0. The maximum atomic E-state index is 4.97. The minimum atomic E-state index is 0. The quantitative estimate of drug-likeness (QED) is 0.521. The molecule has 10 heavy (non-hydrogen) atoms. The van der Waals surface area contributed by atoms with Crippen LogP contribution in [0.3, 0.4) is 0 Å². The van der Waals surface area contributed by atoms with Gasteiger partial charge in [-0.1, -0.05) is 17.7 Å². The molecule has 1 aromatic rings. The fourth-order valence-electron chi connectivity index (χ4n) is 0.674. The molecule has 1 rings (SSSR count). The molecule has 0 fully saturated rings. The third kappa shape index (κ3) is 2.47. The second-order valence-corrected chi connectivity index (χ2v) is 2.02. The van der Waals surface area contributed by atoms with Crippen molar-refractivity contribution in [1.29, 1.82) is 0 Å². The van der Waals surface area contributed by atoms with Crippen molar-refractivity contribution in [1.82, 2.24) is 0 Å². The fraction of sp³-hybridized carbons (Fsp3) is 0.250. The van der Waals surface area contributed by atoms with Crippen LogP contribution in [-0.4, -0.2) is 26.0 Å². The van der Waals surface area contributed by atoms with Gasteiger partial charge in [-0.05, 0) is 19.1 Å². The van der Waals surface area contributed by atoms with Crippen molar-refractivity contribution in [3.8, 4) is 5.75 Å². The van der Waals surface area contributed by atoms with E-state index in [0.717, 1.165) is 5.75 Å². The molecule has 1 aromatic carbocycles. The Kier molecular flexibility index (Phi) is 4.27. The van der Waals surface area contributed by atoms with Crippen LogP contribution in [0.25, 0.3) is 0 Å². The molecular formula is C8H11LiO. The summed E-state index contributed by atoms with van der Waals surface area (Å²) in [6.45, 7) is 2.06. The first-order valence-corrected chi connectivity index (χ1v) is 2.93. The van der Waals surface area contributed by atoms with Gasteiger partial charge in [0.25, 0.3) is 0 Å². The zero-order chi connectivity index (χ0) is 6.69. The van der Waals surface area contributed by atoms with Gasteiger partial charge in [-0.3, -0.25) is 0 Å². The molecule has 0 unspecified atom stereocenters. The summed E-state index contributed by atoms with van der Waals surface area (Å²) in [5.41, 5.74) is 1.26. The van der Waals surface area contributed by atoms with E-state index in [2.05, 4.69) is 6.92 Å². The number of methoxy groups -OCH3 is 1. The van der Waals surface area contributed by atoms with Gasteiger partial charge in [-0.2, -0.15) is 0 Å². The number of rotatable bonds is 1. The predicted octanol–water partition coefficient (Wildman–Crippen LogP) is 1.36. The van der Waals surface area contributed by atoms with Crippen LogP contribution >= 0.6 is 0 Å². The number of aryl methyl sites for hydroxylation is 1. The van der Waals surface area contributed by atoms with Crippen molar-refractivity contribution < 1.29 is 4.74 Å². The van der Waals surface area contributed by atoms with Crippen molar-refractivity contribution in [2.75, 3.05) is 7.11 Å². The SMILES string of the molecule is COc1ccc(C)cc1.[LiH]. The molecule has 0 amide bonds. The van der Waals surface area contributed by atoms with Crippen LogP contribution in [0.5, 0.6) is 5.75 Å². The van der Waals surface area contributed by atoms with Gasteiger partial charge in [-0.25, -0.2) is 0 Å². The van der Waals surface area contributed by atoms with E-state index in [4.69, 9.17) is 4.74 Å². The van der Waals surface area contributed by atoms with E-state index in [0.29, 0.717) is 0 Å². The molecule has 0 N–H and O–H groups in total. The van der Waals surface area contributed by atoms with Crippen LogP contribution in [0.1, 0.15) is 5.56 Å². The third-order valence-electron chi connectivity index (χ3n) is 1.26. The first kappa shape index (κ1) is 9.62. The van der Waals surface area contributed by atoms with Gasteiger partial charge < -0.3 is 4.74 Å². The van der Waals surface area contributed by atoms with E-state index >= 15 is 0 Å². The van der Waals surface area contributed by atoms with Crippen molar-refractivity contribution in [3.05, 3.63) is 29.8 Å². The van der Waals surface area contributed by atoms with Crippen LogP contribution in [-0.2, 0) is 0 Å². The molecule has 0 bridgehead atoms. The number of benzene rings is 1. The number of hydrogen-bond donors (Lipinski definition) is 0. The van der Waals surface area contributed by atoms with Crippen LogP contribution in [0, 0.1) is 6.92 Å². The summed E-state index contributed by atoms with van der Waals surface area (Å²) in [5, 5.41) is 0. The average molecular weight is 130 g/mol. The molecule has 0 aliphatic carbocycles. The standard InChI is InChI=1S/C8H10O.Li.H/c1-7-3-5-8(9-2)6-4-7;;/h3-6H,1-2H3;;. The Hall–Kier alpha value is -0.383. The molecule has 0 aromatic heterocycles. The molecule has 0 aliphatic heterocycles. The second kappa shape index (κ2) is 4.44. The normalized spacial score (nSPS) is 8.20. The van der Waals surface area contributed by atoms with E-state index in [1.807, 2.05) is 24.3 Å². The Bertz CT molecular complexity index is 181. The van der Waals surface area contributed by atoms with Gasteiger partial charge in [0.2, 0.25) is 0 Å². The van der Waals surface area contributed by atoms with Gasteiger partial charge >= 0.3 is 18.9 Å². The van der Waals surface area contributed by atoms with Gasteiger partial charge in [0, 0.05) is 0 Å². The topological polar surface area (TPSA) is 9.23 Å². The van der Waals surface area contributed by atoms with Gasteiger partial charge in [0.05, 0.1) is 7.11 Å². The molecule has 0 saturated heterocycles. The summed E-state index contributed by atoms with van der Waals surface area (Å²) < 4.78 is 4.97. The van der Waals surface area contributed by atoms with E-state index in [9.17, 15) is 0 Å². The first-order valence-electron chi connectivity index (χ1n) is 2.93. The number of ether oxygens (including phenoxy) is 1. The minimum absolute atomic E-state index is 0. The summed E-state index contributed by atoms with van der Waals surface area (Å²) in [6, 6.07) is 7.96.